The van der Waals surface area contributed by atoms with Gasteiger partial charge in [-0.1, -0.05) is 38.5 Å². The molecule has 4 fully saturated rings. The van der Waals surface area contributed by atoms with E-state index in [0.717, 1.165) is 12.1 Å². The summed E-state index contributed by atoms with van der Waals surface area (Å²) in [6.45, 7) is 0. The molecule has 2 N–H and O–H groups in total. The van der Waals surface area contributed by atoms with E-state index >= 15 is 0 Å². The van der Waals surface area contributed by atoms with Crippen LogP contribution in [-0.4, -0.2) is 34.4 Å². The molecule has 2 aliphatic carbocycles. The summed E-state index contributed by atoms with van der Waals surface area (Å²) in [6, 6.07) is 1.64. The predicted octanol–water partition coefficient (Wildman–Crippen LogP) is 1.94. The van der Waals surface area contributed by atoms with Gasteiger partial charge in [0, 0.05) is 12.1 Å². The quantitative estimate of drug-likeness (QED) is 0.752. The van der Waals surface area contributed by atoms with Crippen LogP contribution in [0.2, 0.25) is 0 Å². The van der Waals surface area contributed by atoms with E-state index in [9.17, 15) is 0 Å². The van der Waals surface area contributed by atoms with E-state index in [1.807, 2.05) is 0 Å². The molecule has 0 aromatic heterocycles. The van der Waals surface area contributed by atoms with Gasteiger partial charge in [0.25, 0.3) is 0 Å². The summed E-state index contributed by atoms with van der Waals surface area (Å²) in [4.78, 5) is 0. The van der Waals surface area contributed by atoms with E-state index in [-0.39, 0.29) is 0 Å². The fourth-order valence-corrected chi connectivity index (χ4v) is 4.07. The van der Waals surface area contributed by atoms with Crippen LogP contribution in [0.25, 0.3) is 0 Å². The molecule has 0 amide bonds. The number of hydrogen-bond acceptors (Lipinski definition) is 4. The van der Waals surface area contributed by atoms with Gasteiger partial charge < -0.3 is 0 Å². The lowest BCUT2D eigenvalue weighted by Crippen LogP contribution is -2.28. The topological polar surface area (TPSA) is 49.9 Å². The molecule has 2 saturated carbocycles. The Bertz CT molecular complexity index is 266. The highest BCUT2D eigenvalue weighted by Crippen LogP contribution is 2.35. The maximum atomic E-state index is 3.60. The molecule has 4 aliphatic rings. The largest absolute Gasteiger partial charge is 0.232 e. The van der Waals surface area contributed by atoms with Crippen LogP contribution in [0.15, 0.2) is 0 Å². The number of rotatable bonds is 3. The van der Waals surface area contributed by atoms with E-state index in [4.69, 9.17) is 0 Å². The molecule has 2 saturated heterocycles. The molecule has 4 heteroatoms. The van der Waals surface area contributed by atoms with Crippen LogP contribution >= 0.6 is 0 Å². The molecular formula is C14H26N4. The standard InChI is InChI=1S/C14H26N4/c1-3-7-11(8-4-1)17-13(15-17)14-16-18(14)12-9-5-2-6-10-12/h11-16H,1-10H2/t13-,14-,17?,18?/m0/s1. The van der Waals surface area contributed by atoms with Crippen molar-refractivity contribution in [3.8, 4) is 0 Å². The van der Waals surface area contributed by atoms with E-state index in [1.54, 1.807) is 0 Å². The molecule has 0 aromatic rings. The van der Waals surface area contributed by atoms with Crippen molar-refractivity contribution in [2.45, 2.75) is 88.6 Å². The van der Waals surface area contributed by atoms with Gasteiger partial charge in [-0.3, -0.25) is 0 Å². The minimum atomic E-state index is 0.607. The van der Waals surface area contributed by atoms with Gasteiger partial charge in [-0.05, 0) is 25.7 Å². The second kappa shape index (κ2) is 4.75. The maximum Gasteiger partial charge on any atom is 0.118 e. The predicted molar refractivity (Wildman–Crippen MR) is 71.3 cm³/mol. The van der Waals surface area contributed by atoms with Crippen LogP contribution in [0.5, 0.6) is 0 Å². The molecule has 102 valence electrons. The highest BCUT2D eigenvalue weighted by Gasteiger charge is 2.55. The summed E-state index contributed by atoms with van der Waals surface area (Å²) < 4.78 is 0. The first kappa shape index (κ1) is 11.6. The van der Waals surface area contributed by atoms with Crippen molar-refractivity contribution in [3.05, 3.63) is 0 Å². The highest BCUT2D eigenvalue weighted by molar-refractivity contribution is 5.01. The number of nitrogens with one attached hydrogen (secondary N) is 2. The molecular weight excluding hydrogens is 224 g/mol. The van der Waals surface area contributed by atoms with Gasteiger partial charge in [0.05, 0.1) is 0 Å². The fraction of sp³-hybridized carbons (Fsp3) is 1.00. The average Bonchev–Trinajstić information content (AvgIpc) is 3.32. The lowest BCUT2D eigenvalue weighted by molar-refractivity contribution is 0.242. The third-order valence-corrected chi connectivity index (χ3v) is 5.26. The van der Waals surface area contributed by atoms with Gasteiger partial charge in [-0.25, -0.2) is 20.9 Å². The van der Waals surface area contributed by atoms with E-state index < -0.39 is 0 Å². The average molecular weight is 250 g/mol. The van der Waals surface area contributed by atoms with Crippen molar-refractivity contribution >= 4 is 0 Å². The Balaban J connectivity index is 1.27. The lowest BCUT2D eigenvalue weighted by Gasteiger charge is -2.23. The maximum absolute atomic E-state index is 3.60. The van der Waals surface area contributed by atoms with Crippen molar-refractivity contribution in [1.29, 1.82) is 0 Å². The number of nitrogens with zero attached hydrogens (tertiary/aromatic N) is 2. The summed E-state index contributed by atoms with van der Waals surface area (Å²) in [7, 11) is 0. The van der Waals surface area contributed by atoms with Gasteiger partial charge in [0.15, 0.2) is 0 Å². The van der Waals surface area contributed by atoms with Crippen molar-refractivity contribution in [3.63, 3.8) is 0 Å². The first-order valence-corrected chi connectivity index (χ1v) is 8.02. The Labute approximate surface area is 110 Å². The van der Waals surface area contributed by atoms with Crippen LogP contribution in [0.4, 0.5) is 0 Å². The van der Waals surface area contributed by atoms with Crippen LogP contribution in [0.3, 0.4) is 0 Å². The van der Waals surface area contributed by atoms with Gasteiger partial charge >= 0.3 is 0 Å². The molecule has 2 unspecified atom stereocenters. The summed E-state index contributed by atoms with van der Waals surface area (Å²) in [6.07, 6.45) is 15.4. The minimum absolute atomic E-state index is 0.607. The molecule has 0 bridgehead atoms. The molecule has 18 heavy (non-hydrogen) atoms. The minimum Gasteiger partial charge on any atom is -0.232 e. The van der Waals surface area contributed by atoms with Crippen LogP contribution in [0.1, 0.15) is 64.2 Å². The zero-order chi connectivity index (χ0) is 11.9. The van der Waals surface area contributed by atoms with Crippen molar-refractivity contribution in [2.24, 2.45) is 0 Å². The second-order valence-corrected chi connectivity index (χ2v) is 6.55. The summed E-state index contributed by atoms with van der Waals surface area (Å²) in [5.41, 5.74) is 7.20. The lowest BCUT2D eigenvalue weighted by atomic mass is 9.95. The Morgan fingerprint density at radius 1 is 0.556 bits per heavy atom. The third kappa shape index (κ3) is 2.20. The number of hydrazine groups is 2. The normalized spacial score (nSPS) is 46.0. The Morgan fingerprint density at radius 2 is 0.944 bits per heavy atom. The Morgan fingerprint density at radius 3 is 1.33 bits per heavy atom. The van der Waals surface area contributed by atoms with Crippen molar-refractivity contribution in [1.82, 2.24) is 20.9 Å². The highest BCUT2D eigenvalue weighted by atomic mass is 15.9. The first-order valence-electron chi connectivity index (χ1n) is 8.02. The monoisotopic (exact) mass is 250 g/mol. The smallest absolute Gasteiger partial charge is 0.118 e. The number of hydrogen-bond donors (Lipinski definition) is 2. The summed E-state index contributed by atoms with van der Waals surface area (Å²) in [5, 5.41) is 5.05. The molecule has 2 aliphatic heterocycles. The zero-order valence-corrected chi connectivity index (χ0v) is 11.3. The molecule has 0 spiro atoms. The molecule has 0 radical (unpaired) electrons. The Hall–Kier alpha value is -0.160. The third-order valence-electron chi connectivity index (χ3n) is 5.26. The molecule has 2 heterocycles. The molecule has 4 nitrogen and oxygen atoms in total. The first-order chi connectivity index (χ1) is 8.93. The van der Waals surface area contributed by atoms with Gasteiger partial charge in [0.2, 0.25) is 0 Å². The van der Waals surface area contributed by atoms with E-state index in [2.05, 4.69) is 20.9 Å². The van der Waals surface area contributed by atoms with Crippen LogP contribution < -0.4 is 10.9 Å². The molecule has 4 rings (SSSR count). The van der Waals surface area contributed by atoms with Crippen molar-refractivity contribution < 1.29 is 0 Å². The molecule has 4 atom stereocenters. The van der Waals surface area contributed by atoms with Gasteiger partial charge in [-0.15, -0.1) is 0 Å². The van der Waals surface area contributed by atoms with E-state index in [1.165, 1.54) is 64.2 Å². The van der Waals surface area contributed by atoms with E-state index in [0.29, 0.717) is 12.3 Å². The van der Waals surface area contributed by atoms with Gasteiger partial charge in [-0.2, -0.15) is 0 Å². The van der Waals surface area contributed by atoms with Gasteiger partial charge in [0.1, 0.15) is 12.3 Å². The molecule has 0 aromatic carbocycles. The van der Waals surface area contributed by atoms with Crippen LogP contribution in [0, 0.1) is 0 Å². The van der Waals surface area contributed by atoms with Crippen LogP contribution in [-0.2, 0) is 0 Å². The Kier molecular flexibility index (Phi) is 3.07. The fourth-order valence-electron chi connectivity index (χ4n) is 4.07. The second-order valence-electron chi connectivity index (χ2n) is 6.55. The zero-order valence-electron chi connectivity index (χ0n) is 11.3. The van der Waals surface area contributed by atoms with Crippen molar-refractivity contribution in [2.75, 3.05) is 0 Å². The SMILES string of the molecule is C1CCC(N2N[C@@H]2[C@H]2NN2C2CCCCC2)CC1. The summed E-state index contributed by atoms with van der Waals surface area (Å²) >= 11 is 0. The summed E-state index contributed by atoms with van der Waals surface area (Å²) in [5.74, 6) is 0.